The van der Waals surface area contributed by atoms with E-state index in [9.17, 15) is 9.59 Å². The Balaban J connectivity index is 1.68. The maximum atomic E-state index is 12.8. The van der Waals surface area contributed by atoms with E-state index in [-0.39, 0.29) is 18.2 Å². The molecular weight excluding hydrogens is 392 g/mol. The minimum absolute atomic E-state index is 0.194. The third-order valence-electron chi connectivity index (χ3n) is 4.83. The highest BCUT2D eigenvalue weighted by atomic mass is 16.5. The topological polar surface area (TPSA) is 76.7 Å². The van der Waals surface area contributed by atoms with Crippen LogP contribution in [0.15, 0.2) is 66.7 Å². The molecule has 0 aliphatic carbocycles. The Kier molecular flexibility index (Phi) is 7.27. The summed E-state index contributed by atoms with van der Waals surface area (Å²) in [6, 6.07) is 20.0. The van der Waals surface area contributed by atoms with Crippen LogP contribution < -0.4 is 20.1 Å². The number of carbonyl (C=O) groups is 2. The molecule has 3 rings (SSSR count). The normalized spacial score (nSPS) is 10.3. The number of amides is 2. The summed E-state index contributed by atoms with van der Waals surface area (Å²) in [5, 5.41) is 5.73. The van der Waals surface area contributed by atoms with Gasteiger partial charge in [0.15, 0.2) is 0 Å². The molecule has 2 N–H and O–H groups in total. The van der Waals surface area contributed by atoms with Crippen LogP contribution in [-0.2, 0) is 11.2 Å². The fraction of sp³-hybridized carbons (Fsp3) is 0.200. The molecule has 0 aliphatic rings. The average molecular weight is 418 g/mol. The summed E-state index contributed by atoms with van der Waals surface area (Å²) in [5.74, 6) is 0.928. The van der Waals surface area contributed by atoms with Gasteiger partial charge in [0.05, 0.1) is 25.5 Å². The molecule has 0 unspecified atom stereocenters. The van der Waals surface area contributed by atoms with E-state index in [2.05, 4.69) is 10.6 Å². The molecule has 31 heavy (non-hydrogen) atoms. The molecule has 0 atom stereocenters. The van der Waals surface area contributed by atoms with Gasteiger partial charge >= 0.3 is 0 Å². The van der Waals surface area contributed by atoms with E-state index in [4.69, 9.17) is 9.47 Å². The number of hydrogen-bond acceptors (Lipinski definition) is 4. The van der Waals surface area contributed by atoms with Crippen LogP contribution in [0.5, 0.6) is 11.5 Å². The minimum atomic E-state index is -0.282. The van der Waals surface area contributed by atoms with Crippen molar-refractivity contribution >= 4 is 23.2 Å². The van der Waals surface area contributed by atoms with Crippen molar-refractivity contribution < 1.29 is 19.1 Å². The van der Waals surface area contributed by atoms with E-state index >= 15 is 0 Å². The standard InChI is InChI=1S/C25H26N2O4/c1-17-7-6-8-19(15-17)26-25(29)21-9-4-5-10-22(21)27-24(28)14-11-18-16-20(30-2)12-13-23(18)31-3/h4-10,12-13,15-16H,11,14H2,1-3H3,(H,26,29)(H,27,28). The lowest BCUT2D eigenvalue weighted by Crippen LogP contribution is -2.18. The lowest BCUT2D eigenvalue weighted by Gasteiger charge is -2.13. The van der Waals surface area contributed by atoms with Gasteiger partial charge in [-0.2, -0.15) is 0 Å². The van der Waals surface area contributed by atoms with Gasteiger partial charge in [0.2, 0.25) is 5.91 Å². The Hall–Kier alpha value is -3.80. The third kappa shape index (κ3) is 5.85. The van der Waals surface area contributed by atoms with Crippen LogP contribution in [-0.4, -0.2) is 26.0 Å². The number of aryl methyl sites for hydroxylation is 2. The van der Waals surface area contributed by atoms with Gasteiger partial charge in [-0.25, -0.2) is 0 Å². The number of benzene rings is 3. The SMILES string of the molecule is COc1ccc(OC)c(CCC(=O)Nc2ccccc2C(=O)Nc2cccc(C)c2)c1. The number of hydrogen-bond donors (Lipinski definition) is 2. The zero-order chi connectivity index (χ0) is 22.2. The zero-order valence-corrected chi connectivity index (χ0v) is 17.9. The Morgan fingerprint density at radius 2 is 1.68 bits per heavy atom. The molecule has 0 aliphatic heterocycles. The Labute approximate surface area is 182 Å². The van der Waals surface area contributed by atoms with Crippen LogP contribution in [0.1, 0.15) is 27.9 Å². The predicted octanol–water partition coefficient (Wildman–Crippen LogP) is 4.84. The van der Waals surface area contributed by atoms with Crippen LogP contribution in [0.4, 0.5) is 11.4 Å². The van der Waals surface area contributed by atoms with Crippen molar-refractivity contribution in [1.29, 1.82) is 0 Å². The monoisotopic (exact) mass is 418 g/mol. The molecule has 2 amide bonds. The van der Waals surface area contributed by atoms with E-state index in [1.807, 2.05) is 49.4 Å². The molecule has 0 fully saturated rings. The summed E-state index contributed by atoms with van der Waals surface area (Å²) in [5.41, 5.74) is 3.50. The fourth-order valence-corrected chi connectivity index (χ4v) is 3.25. The van der Waals surface area contributed by atoms with Gasteiger partial charge < -0.3 is 20.1 Å². The number of methoxy groups -OCH3 is 2. The van der Waals surface area contributed by atoms with E-state index in [1.165, 1.54) is 0 Å². The predicted molar refractivity (Wildman–Crippen MR) is 122 cm³/mol. The van der Waals surface area contributed by atoms with Crippen LogP contribution in [0, 0.1) is 6.92 Å². The maximum Gasteiger partial charge on any atom is 0.257 e. The van der Waals surface area contributed by atoms with Crippen LogP contribution in [0.3, 0.4) is 0 Å². The Morgan fingerprint density at radius 3 is 2.42 bits per heavy atom. The number of carbonyl (C=O) groups excluding carboxylic acids is 2. The summed E-state index contributed by atoms with van der Waals surface area (Å²) in [4.78, 5) is 25.4. The van der Waals surface area contributed by atoms with Crippen molar-refractivity contribution in [3.8, 4) is 11.5 Å². The summed E-state index contributed by atoms with van der Waals surface area (Å²) in [6.07, 6.45) is 0.710. The van der Waals surface area contributed by atoms with Gasteiger partial charge in [-0.1, -0.05) is 24.3 Å². The van der Waals surface area contributed by atoms with E-state index in [0.717, 1.165) is 11.1 Å². The quantitative estimate of drug-likeness (QED) is 0.549. The molecule has 0 heterocycles. The first-order valence-electron chi connectivity index (χ1n) is 9.98. The molecule has 0 radical (unpaired) electrons. The molecular formula is C25H26N2O4. The first-order valence-corrected chi connectivity index (χ1v) is 9.98. The molecule has 0 bridgehead atoms. The molecule has 0 spiro atoms. The highest BCUT2D eigenvalue weighted by Gasteiger charge is 2.14. The van der Waals surface area contributed by atoms with Crippen molar-refractivity contribution in [3.63, 3.8) is 0 Å². The molecule has 6 heteroatoms. The number of ether oxygens (including phenoxy) is 2. The van der Waals surface area contributed by atoms with Gasteiger partial charge in [0.25, 0.3) is 5.91 Å². The largest absolute Gasteiger partial charge is 0.497 e. The van der Waals surface area contributed by atoms with Gasteiger partial charge in [0.1, 0.15) is 11.5 Å². The number of anilines is 2. The van der Waals surface area contributed by atoms with Gasteiger partial charge in [-0.3, -0.25) is 9.59 Å². The Bertz CT molecular complexity index is 1080. The average Bonchev–Trinajstić information content (AvgIpc) is 2.77. The van der Waals surface area contributed by atoms with Crippen LogP contribution >= 0.6 is 0 Å². The van der Waals surface area contributed by atoms with Crippen molar-refractivity contribution in [3.05, 3.63) is 83.4 Å². The second-order valence-electron chi connectivity index (χ2n) is 7.10. The van der Waals surface area contributed by atoms with Crippen molar-refractivity contribution in [2.75, 3.05) is 24.9 Å². The summed E-state index contributed by atoms with van der Waals surface area (Å²) < 4.78 is 10.6. The molecule has 160 valence electrons. The van der Waals surface area contributed by atoms with Crippen molar-refractivity contribution in [2.45, 2.75) is 19.8 Å². The molecule has 0 aromatic heterocycles. The first kappa shape index (κ1) is 21.9. The number of nitrogens with one attached hydrogen (secondary N) is 2. The second-order valence-corrected chi connectivity index (χ2v) is 7.10. The molecule has 6 nitrogen and oxygen atoms in total. The highest BCUT2D eigenvalue weighted by Crippen LogP contribution is 2.25. The van der Waals surface area contributed by atoms with Crippen molar-refractivity contribution in [1.82, 2.24) is 0 Å². The summed E-state index contributed by atoms with van der Waals surface area (Å²) >= 11 is 0. The van der Waals surface area contributed by atoms with Gasteiger partial charge in [0, 0.05) is 12.1 Å². The maximum absolute atomic E-state index is 12.8. The smallest absolute Gasteiger partial charge is 0.257 e. The van der Waals surface area contributed by atoms with E-state index < -0.39 is 0 Å². The Morgan fingerprint density at radius 1 is 0.871 bits per heavy atom. The third-order valence-corrected chi connectivity index (χ3v) is 4.83. The van der Waals surface area contributed by atoms with Gasteiger partial charge in [-0.05, 0) is 66.9 Å². The molecule has 0 saturated carbocycles. The highest BCUT2D eigenvalue weighted by molar-refractivity contribution is 6.10. The molecule has 3 aromatic carbocycles. The summed E-state index contributed by atoms with van der Waals surface area (Å²) in [7, 11) is 3.19. The lowest BCUT2D eigenvalue weighted by molar-refractivity contribution is -0.116. The summed E-state index contributed by atoms with van der Waals surface area (Å²) in [6.45, 7) is 1.96. The molecule has 3 aromatic rings. The zero-order valence-electron chi connectivity index (χ0n) is 17.9. The second kappa shape index (κ2) is 10.3. The van der Waals surface area contributed by atoms with E-state index in [1.54, 1.807) is 38.5 Å². The minimum Gasteiger partial charge on any atom is -0.497 e. The fourth-order valence-electron chi connectivity index (χ4n) is 3.25. The van der Waals surface area contributed by atoms with E-state index in [0.29, 0.717) is 34.9 Å². The number of rotatable bonds is 8. The van der Waals surface area contributed by atoms with Crippen LogP contribution in [0.25, 0.3) is 0 Å². The lowest BCUT2D eigenvalue weighted by atomic mass is 10.1. The van der Waals surface area contributed by atoms with Gasteiger partial charge in [-0.15, -0.1) is 0 Å². The first-order chi connectivity index (χ1) is 15.0. The molecule has 0 saturated heterocycles. The number of para-hydroxylation sites is 1. The van der Waals surface area contributed by atoms with Crippen molar-refractivity contribution in [2.24, 2.45) is 0 Å². The van der Waals surface area contributed by atoms with Crippen LogP contribution in [0.2, 0.25) is 0 Å².